The molecule has 1 aliphatic rings. The van der Waals surface area contributed by atoms with Gasteiger partial charge in [0.05, 0.1) is 16.5 Å². The quantitative estimate of drug-likeness (QED) is 0.322. The molecular weight excluding hydrogens is 448 g/mol. The van der Waals surface area contributed by atoms with Crippen molar-refractivity contribution in [2.24, 2.45) is 5.10 Å². The summed E-state index contributed by atoms with van der Waals surface area (Å²) in [6.07, 6.45) is 10.4. The lowest BCUT2D eigenvalue weighted by Crippen LogP contribution is -2.23. The second-order valence-corrected chi connectivity index (χ2v) is 9.34. The minimum Gasteiger partial charge on any atom is -0.457 e. The van der Waals surface area contributed by atoms with Crippen molar-refractivity contribution in [2.75, 3.05) is 0 Å². The molecule has 1 aliphatic carbocycles. The molecule has 5 heteroatoms. The fourth-order valence-electron chi connectivity index (χ4n) is 4.70. The summed E-state index contributed by atoms with van der Waals surface area (Å²) >= 11 is 0. The third kappa shape index (κ3) is 7.38. The standard InChI is InChI=1S/C31H34N2O3/c34-30(28-19-10-11-20-29(28)31(35)36-23-24-13-6-5-7-14-24)33-32-27-18-12-17-26(21-22-27)25-15-8-3-1-2-4-9-16-25/h5-7,10-14,17-22,25H,1-4,8-9,15-16,23H2,(H,33,34)/b32-27+. The lowest BCUT2D eigenvalue weighted by molar-refractivity contribution is 0.0469. The highest BCUT2D eigenvalue weighted by atomic mass is 16.5. The second kappa shape index (κ2) is 13.4. The van der Waals surface area contributed by atoms with E-state index in [0.29, 0.717) is 11.3 Å². The topological polar surface area (TPSA) is 67.8 Å². The van der Waals surface area contributed by atoms with Crippen LogP contribution in [0.25, 0.3) is 0 Å². The Balaban J connectivity index is 1.43. The molecule has 0 bridgehead atoms. The van der Waals surface area contributed by atoms with E-state index in [1.807, 2.05) is 48.5 Å². The van der Waals surface area contributed by atoms with Crippen LogP contribution in [0.5, 0.6) is 0 Å². The van der Waals surface area contributed by atoms with E-state index < -0.39 is 11.9 Å². The van der Waals surface area contributed by atoms with E-state index in [0.717, 1.165) is 5.56 Å². The van der Waals surface area contributed by atoms with Crippen LogP contribution < -0.4 is 10.8 Å². The van der Waals surface area contributed by atoms with Crippen LogP contribution in [0, 0.1) is 0 Å². The Bertz CT molecular complexity index is 1210. The molecule has 0 unspecified atom stereocenters. The fourth-order valence-corrected chi connectivity index (χ4v) is 4.70. The van der Waals surface area contributed by atoms with Crippen molar-refractivity contribution < 1.29 is 14.3 Å². The summed E-state index contributed by atoms with van der Waals surface area (Å²) in [7, 11) is 0. The number of amides is 1. The third-order valence-electron chi connectivity index (χ3n) is 6.72. The smallest absolute Gasteiger partial charge is 0.339 e. The van der Waals surface area contributed by atoms with Crippen LogP contribution >= 0.6 is 0 Å². The summed E-state index contributed by atoms with van der Waals surface area (Å²) < 4.78 is 5.43. The Morgan fingerprint density at radius 3 is 2.14 bits per heavy atom. The molecule has 0 saturated heterocycles. The van der Waals surface area contributed by atoms with E-state index in [-0.39, 0.29) is 17.7 Å². The van der Waals surface area contributed by atoms with Gasteiger partial charge in [-0.05, 0) is 54.2 Å². The SMILES string of the molecule is O=C(N/N=c1\cccc(C2CCCCCCCC2)cc1)c1ccccc1C(=O)OCc1ccccc1. The molecule has 3 aromatic carbocycles. The molecule has 1 N–H and O–H groups in total. The summed E-state index contributed by atoms with van der Waals surface area (Å²) in [5, 5.41) is 4.95. The van der Waals surface area contributed by atoms with E-state index >= 15 is 0 Å². The maximum Gasteiger partial charge on any atom is 0.339 e. The van der Waals surface area contributed by atoms with Gasteiger partial charge in [-0.15, -0.1) is 0 Å². The number of ether oxygens (including phenoxy) is 1. The Morgan fingerprint density at radius 2 is 1.39 bits per heavy atom. The number of nitrogens with zero attached hydrogens (tertiary/aromatic N) is 1. The molecule has 5 nitrogen and oxygen atoms in total. The summed E-state index contributed by atoms with van der Waals surface area (Å²) in [5.74, 6) is -0.424. The molecule has 186 valence electrons. The monoisotopic (exact) mass is 482 g/mol. The lowest BCUT2D eigenvalue weighted by Gasteiger charge is -2.15. The van der Waals surface area contributed by atoms with Crippen molar-refractivity contribution in [2.45, 2.75) is 63.9 Å². The summed E-state index contributed by atoms with van der Waals surface area (Å²) in [5.41, 5.74) is 5.25. The van der Waals surface area contributed by atoms with Crippen LogP contribution in [-0.2, 0) is 11.3 Å². The molecule has 1 saturated carbocycles. The van der Waals surface area contributed by atoms with Gasteiger partial charge in [-0.2, -0.15) is 5.10 Å². The molecular formula is C31H34N2O3. The summed E-state index contributed by atoms with van der Waals surface area (Å²) in [6.45, 7) is 0.143. The normalized spacial score (nSPS) is 15.3. The number of benzene rings is 2. The Kier molecular flexibility index (Phi) is 9.43. The van der Waals surface area contributed by atoms with Crippen LogP contribution in [0.1, 0.15) is 89.1 Å². The third-order valence-corrected chi connectivity index (χ3v) is 6.72. The highest BCUT2D eigenvalue weighted by Crippen LogP contribution is 2.29. The van der Waals surface area contributed by atoms with Gasteiger partial charge in [-0.25, -0.2) is 10.2 Å². The van der Waals surface area contributed by atoms with Crippen LogP contribution in [0.15, 0.2) is 90.0 Å². The lowest BCUT2D eigenvalue weighted by atomic mass is 9.90. The highest BCUT2D eigenvalue weighted by molar-refractivity contribution is 6.05. The maximum atomic E-state index is 12.9. The Morgan fingerprint density at radius 1 is 0.722 bits per heavy atom. The van der Waals surface area contributed by atoms with Crippen molar-refractivity contribution in [1.82, 2.24) is 5.43 Å². The van der Waals surface area contributed by atoms with Gasteiger partial charge in [0.25, 0.3) is 5.91 Å². The maximum absolute atomic E-state index is 12.9. The number of carbonyl (C=O) groups is 2. The van der Waals surface area contributed by atoms with E-state index in [2.05, 4.69) is 22.7 Å². The summed E-state index contributed by atoms with van der Waals surface area (Å²) in [6, 6.07) is 26.2. The average molecular weight is 483 g/mol. The number of nitrogens with one attached hydrogen (secondary N) is 1. The Labute approximate surface area is 213 Å². The largest absolute Gasteiger partial charge is 0.457 e. The molecule has 1 amide bonds. The van der Waals surface area contributed by atoms with Crippen molar-refractivity contribution in [1.29, 1.82) is 0 Å². The van der Waals surface area contributed by atoms with Gasteiger partial charge in [-0.1, -0.05) is 99.2 Å². The second-order valence-electron chi connectivity index (χ2n) is 9.34. The molecule has 0 aromatic heterocycles. The first-order valence-electron chi connectivity index (χ1n) is 12.9. The number of hydrogen-bond donors (Lipinski definition) is 1. The first kappa shape index (κ1) is 25.4. The zero-order valence-electron chi connectivity index (χ0n) is 20.7. The van der Waals surface area contributed by atoms with E-state index in [1.54, 1.807) is 24.3 Å². The molecule has 0 spiro atoms. The molecule has 36 heavy (non-hydrogen) atoms. The molecule has 0 radical (unpaired) electrons. The van der Waals surface area contributed by atoms with Gasteiger partial charge >= 0.3 is 5.97 Å². The minimum absolute atomic E-state index is 0.143. The first-order valence-corrected chi connectivity index (χ1v) is 12.9. The molecule has 1 fully saturated rings. The van der Waals surface area contributed by atoms with E-state index in [4.69, 9.17) is 4.74 Å². The number of esters is 1. The van der Waals surface area contributed by atoms with Crippen molar-refractivity contribution in [3.05, 3.63) is 113 Å². The van der Waals surface area contributed by atoms with Gasteiger partial charge in [0.1, 0.15) is 6.61 Å². The first-order chi connectivity index (χ1) is 17.7. The van der Waals surface area contributed by atoms with Gasteiger partial charge in [-0.3, -0.25) is 4.79 Å². The predicted octanol–water partition coefficient (Wildman–Crippen LogP) is 6.51. The molecule has 4 rings (SSSR count). The van der Waals surface area contributed by atoms with Crippen LogP contribution in [0.4, 0.5) is 0 Å². The summed E-state index contributed by atoms with van der Waals surface area (Å²) in [4.78, 5) is 25.6. The van der Waals surface area contributed by atoms with Crippen LogP contribution in [0.2, 0.25) is 0 Å². The van der Waals surface area contributed by atoms with E-state index in [1.165, 1.54) is 56.9 Å². The number of carbonyl (C=O) groups excluding carboxylic acids is 2. The van der Waals surface area contributed by atoms with Crippen LogP contribution in [0.3, 0.4) is 0 Å². The fraction of sp³-hybridized carbons (Fsp3) is 0.323. The van der Waals surface area contributed by atoms with Gasteiger partial charge in [0, 0.05) is 0 Å². The molecule has 0 heterocycles. The van der Waals surface area contributed by atoms with E-state index in [9.17, 15) is 9.59 Å². The van der Waals surface area contributed by atoms with Gasteiger partial charge < -0.3 is 4.74 Å². The van der Waals surface area contributed by atoms with Crippen molar-refractivity contribution in [3.63, 3.8) is 0 Å². The molecule has 0 atom stereocenters. The Hall–Kier alpha value is -3.73. The predicted molar refractivity (Wildman–Crippen MR) is 141 cm³/mol. The van der Waals surface area contributed by atoms with Crippen LogP contribution in [-0.4, -0.2) is 11.9 Å². The zero-order valence-corrected chi connectivity index (χ0v) is 20.7. The average Bonchev–Trinajstić information content (AvgIpc) is 3.06. The zero-order chi connectivity index (χ0) is 25.0. The number of hydrogen-bond acceptors (Lipinski definition) is 4. The molecule has 3 aromatic rings. The highest BCUT2D eigenvalue weighted by Gasteiger charge is 2.18. The molecule has 0 aliphatic heterocycles. The van der Waals surface area contributed by atoms with Gasteiger partial charge in [0.2, 0.25) is 0 Å². The van der Waals surface area contributed by atoms with Crippen molar-refractivity contribution >= 4 is 11.9 Å². The van der Waals surface area contributed by atoms with Gasteiger partial charge in [0.15, 0.2) is 0 Å². The number of rotatable bonds is 6. The minimum atomic E-state index is -0.546. The van der Waals surface area contributed by atoms with Crippen molar-refractivity contribution in [3.8, 4) is 0 Å².